The normalized spacial score (nSPS) is 11.9. The Labute approximate surface area is 121 Å². The third kappa shape index (κ3) is 4.07. The van der Waals surface area contributed by atoms with Gasteiger partial charge >= 0.3 is 0 Å². The molecule has 3 nitrogen and oxygen atoms in total. The summed E-state index contributed by atoms with van der Waals surface area (Å²) in [5.74, 6) is -2.67. The van der Waals surface area contributed by atoms with Gasteiger partial charge in [-0.15, -0.1) is 0 Å². The van der Waals surface area contributed by atoms with Crippen molar-refractivity contribution >= 4 is 0 Å². The summed E-state index contributed by atoms with van der Waals surface area (Å²) in [5.41, 5.74) is -0.441. The van der Waals surface area contributed by atoms with E-state index in [4.69, 9.17) is 4.42 Å². The summed E-state index contributed by atoms with van der Waals surface area (Å²) >= 11 is 0. The Kier molecular flexibility index (Phi) is 4.37. The molecule has 21 heavy (non-hydrogen) atoms. The predicted octanol–water partition coefficient (Wildman–Crippen LogP) is 3.69. The van der Waals surface area contributed by atoms with Crippen molar-refractivity contribution in [1.29, 1.82) is 0 Å². The number of oxazole rings is 1. The maximum atomic E-state index is 13.6. The van der Waals surface area contributed by atoms with E-state index in [0.29, 0.717) is 31.0 Å². The van der Waals surface area contributed by atoms with Gasteiger partial charge < -0.3 is 9.73 Å². The van der Waals surface area contributed by atoms with Gasteiger partial charge in [-0.1, -0.05) is 0 Å². The quantitative estimate of drug-likeness (QED) is 0.935. The first kappa shape index (κ1) is 15.6. The number of benzene rings is 1. The van der Waals surface area contributed by atoms with Crippen LogP contribution in [0.4, 0.5) is 13.2 Å². The van der Waals surface area contributed by atoms with Gasteiger partial charge in [0.1, 0.15) is 17.5 Å². The van der Waals surface area contributed by atoms with Gasteiger partial charge in [0.2, 0.25) is 0 Å². The molecule has 0 amide bonds. The van der Waals surface area contributed by atoms with Crippen LogP contribution in [-0.4, -0.2) is 17.1 Å². The first-order valence-corrected chi connectivity index (χ1v) is 6.61. The van der Waals surface area contributed by atoms with E-state index in [1.54, 1.807) is 0 Å². The van der Waals surface area contributed by atoms with Gasteiger partial charge in [-0.3, -0.25) is 0 Å². The van der Waals surface area contributed by atoms with Crippen molar-refractivity contribution in [2.45, 2.75) is 32.7 Å². The first-order chi connectivity index (χ1) is 9.76. The van der Waals surface area contributed by atoms with Gasteiger partial charge in [0.15, 0.2) is 11.7 Å². The van der Waals surface area contributed by atoms with Crippen molar-refractivity contribution in [3.8, 4) is 11.3 Å². The van der Waals surface area contributed by atoms with E-state index in [0.717, 1.165) is 0 Å². The Morgan fingerprint density at radius 1 is 1.14 bits per heavy atom. The molecule has 0 saturated carbocycles. The van der Waals surface area contributed by atoms with E-state index in [-0.39, 0.29) is 11.3 Å². The first-order valence-electron chi connectivity index (χ1n) is 6.61. The summed E-state index contributed by atoms with van der Waals surface area (Å²) < 4.78 is 45.5. The predicted molar refractivity (Wildman–Crippen MR) is 73.3 cm³/mol. The molecule has 0 aliphatic carbocycles. The second kappa shape index (κ2) is 5.89. The standard InChI is InChI=1S/C15H17F3N2O/c1-15(2,3)20-5-4-13-19-8-12(21-13)14-10(17)6-9(16)7-11(14)18/h6-8,20H,4-5H2,1-3H3. The minimum atomic E-state index is -1.01. The van der Waals surface area contributed by atoms with Crippen molar-refractivity contribution in [3.05, 3.63) is 41.7 Å². The summed E-state index contributed by atoms with van der Waals surface area (Å²) in [6.07, 6.45) is 1.73. The lowest BCUT2D eigenvalue weighted by Crippen LogP contribution is -2.37. The molecular formula is C15H17F3N2O. The molecule has 0 saturated heterocycles. The Morgan fingerprint density at radius 3 is 2.33 bits per heavy atom. The van der Waals surface area contributed by atoms with E-state index < -0.39 is 23.0 Å². The van der Waals surface area contributed by atoms with Crippen molar-refractivity contribution in [1.82, 2.24) is 10.3 Å². The molecule has 0 bridgehead atoms. The number of nitrogens with one attached hydrogen (secondary N) is 1. The molecule has 1 heterocycles. The highest BCUT2D eigenvalue weighted by molar-refractivity contribution is 5.58. The highest BCUT2D eigenvalue weighted by atomic mass is 19.1. The molecule has 0 radical (unpaired) electrons. The van der Waals surface area contributed by atoms with Gasteiger partial charge in [0.05, 0.1) is 11.8 Å². The van der Waals surface area contributed by atoms with E-state index in [1.165, 1.54) is 6.20 Å². The van der Waals surface area contributed by atoms with Crippen LogP contribution in [-0.2, 0) is 6.42 Å². The molecule has 2 rings (SSSR count). The van der Waals surface area contributed by atoms with Crippen LogP contribution in [0.1, 0.15) is 26.7 Å². The molecular weight excluding hydrogens is 281 g/mol. The van der Waals surface area contributed by atoms with Crippen LogP contribution in [0.2, 0.25) is 0 Å². The lowest BCUT2D eigenvalue weighted by Gasteiger charge is -2.19. The fourth-order valence-electron chi connectivity index (χ4n) is 1.86. The molecule has 0 spiro atoms. The molecule has 1 N–H and O–H groups in total. The zero-order valence-electron chi connectivity index (χ0n) is 12.1. The largest absolute Gasteiger partial charge is 0.440 e. The van der Waals surface area contributed by atoms with Crippen LogP contribution in [0.15, 0.2) is 22.7 Å². The SMILES string of the molecule is CC(C)(C)NCCc1ncc(-c2c(F)cc(F)cc2F)o1. The number of hydrogen-bond acceptors (Lipinski definition) is 3. The Balaban J connectivity index is 2.13. The van der Waals surface area contributed by atoms with E-state index in [1.807, 2.05) is 20.8 Å². The average Bonchev–Trinajstić information content (AvgIpc) is 2.74. The van der Waals surface area contributed by atoms with Crippen molar-refractivity contribution in [2.24, 2.45) is 0 Å². The molecule has 2 aromatic rings. The second-order valence-electron chi connectivity index (χ2n) is 5.79. The lowest BCUT2D eigenvalue weighted by molar-refractivity contribution is 0.411. The third-order valence-electron chi connectivity index (χ3n) is 2.80. The zero-order valence-corrected chi connectivity index (χ0v) is 12.1. The van der Waals surface area contributed by atoms with Gasteiger partial charge in [0.25, 0.3) is 0 Å². The zero-order chi connectivity index (χ0) is 15.6. The molecule has 1 aromatic heterocycles. The van der Waals surface area contributed by atoms with Crippen LogP contribution in [0.25, 0.3) is 11.3 Å². The maximum Gasteiger partial charge on any atom is 0.196 e. The highest BCUT2D eigenvalue weighted by Gasteiger charge is 2.18. The molecule has 114 valence electrons. The third-order valence-corrected chi connectivity index (χ3v) is 2.80. The molecule has 0 aliphatic heterocycles. The summed E-state index contributed by atoms with van der Waals surface area (Å²) in [7, 11) is 0. The van der Waals surface area contributed by atoms with Crippen molar-refractivity contribution < 1.29 is 17.6 Å². The second-order valence-corrected chi connectivity index (χ2v) is 5.79. The average molecular weight is 298 g/mol. The molecule has 0 unspecified atom stereocenters. The number of nitrogens with zero attached hydrogens (tertiary/aromatic N) is 1. The van der Waals surface area contributed by atoms with Gasteiger partial charge in [0, 0.05) is 30.6 Å². The highest BCUT2D eigenvalue weighted by Crippen LogP contribution is 2.27. The number of aromatic nitrogens is 1. The summed E-state index contributed by atoms with van der Waals surface area (Å²) in [6.45, 7) is 6.70. The molecule has 0 fully saturated rings. The Bertz CT molecular complexity index is 609. The number of halogens is 3. The van der Waals surface area contributed by atoms with Crippen LogP contribution in [0, 0.1) is 17.5 Å². The smallest absolute Gasteiger partial charge is 0.196 e. The number of rotatable bonds is 4. The molecule has 0 aliphatic rings. The van der Waals surface area contributed by atoms with Gasteiger partial charge in [-0.25, -0.2) is 18.2 Å². The Morgan fingerprint density at radius 2 is 1.76 bits per heavy atom. The van der Waals surface area contributed by atoms with E-state index in [2.05, 4.69) is 10.3 Å². The number of hydrogen-bond donors (Lipinski definition) is 1. The Hall–Kier alpha value is -1.82. The molecule has 1 aromatic carbocycles. The summed E-state index contributed by atoms with van der Waals surface area (Å²) in [6, 6.07) is 1.23. The maximum absolute atomic E-state index is 13.6. The van der Waals surface area contributed by atoms with Crippen molar-refractivity contribution in [3.63, 3.8) is 0 Å². The molecule has 0 atom stereocenters. The van der Waals surface area contributed by atoms with Gasteiger partial charge in [-0.05, 0) is 20.8 Å². The van der Waals surface area contributed by atoms with Gasteiger partial charge in [-0.2, -0.15) is 0 Å². The van der Waals surface area contributed by atoms with Crippen LogP contribution >= 0.6 is 0 Å². The monoisotopic (exact) mass is 298 g/mol. The van der Waals surface area contributed by atoms with E-state index >= 15 is 0 Å². The fraction of sp³-hybridized carbons (Fsp3) is 0.400. The van der Waals surface area contributed by atoms with E-state index in [9.17, 15) is 13.2 Å². The molecule has 6 heteroatoms. The fourth-order valence-corrected chi connectivity index (χ4v) is 1.86. The topological polar surface area (TPSA) is 38.1 Å². The summed E-state index contributed by atoms with van der Waals surface area (Å²) in [5, 5.41) is 3.25. The minimum Gasteiger partial charge on any atom is -0.440 e. The van der Waals surface area contributed by atoms with Crippen LogP contribution < -0.4 is 5.32 Å². The van der Waals surface area contributed by atoms with Crippen LogP contribution in [0.5, 0.6) is 0 Å². The van der Waals surface area contributed by atoms with Crippen molar-refractivity contribution in [2.75, 3.05) is 6.54 Å². The lowest BCUT2D eigenvalue weighted by atomic mass is 10.1. The van der Waals surface area contributed by atoms with Crippen LogP contribution in [0.3, 0.4) is 0 Å². The summed E-state index contributed by atoms with van der Waals surface area (Å²) in [4.78, 5) is 3.98. The minimum absolute atomic E-state index is 0.0371.